The molecular weight excluding hydrogens is 386 g/mol. The molecule has 1 aliphatic heterocycles. The molecular formula is C22H25N3O3S. The fraction of sp³-hybridized carbons (Fsp3) is 0.409. The number of methoxy groups -OCH3 is 1. The normalized spacial score (nSPS) is 13.7. The van der Waals surface area contributed by atoms with E-state index in [-0.39, 0.29) is 17.8 Å². The smallest absolute Gasteiger partial charge is 0.316 e. The zero-order valence-corrected chi connectivity index (χ0v) is 18.0. The molecule has 0 spiro atoms. The highest BCUT2D eigenvalue weighted by atomic mass is 32.2. The number of carbonyl (C=O) groups is 1. The van der Waals surface area contributed by atoms with Crippen LogP contribution in [0, 0.1) is 11.3 Å². The molecule has 1 aliphatic rings. The van der Waals surface area contributed by atoms with E-state index in [1.54, 1.807) is 7.11 Å². The molecule has 0 unspecified atom stereocenters. The lowest BCUT2D eigenvalue weighted by atomic mass is 9.91. The van der Waals surface area contributed by atoms with Crippen LogP contribution in [0.5, 0.6) is 5.75 Å². The van der Waals surface area contributed by atoms with Crippen LogP contribution in [-0.2, 0) is 22.5 Å². The maximum atomic E-state index is 12.0. The van der Waals surface area contributed by atoms with Crippen molar-refractivity contribution in [3.8, 4) is 22.9 Å². The number of hydrogen-bond donors (Lipinski definition) is 0. The van der Waals surface area contributed by atoms with Crippen LogP contribution < -0.4 is 4.74 Å². The number of hydrogen-bond acceptors (Lipinski definition) is 7. The summed E-state index contributed by atoms with van der Waals surface area (Å²) >= 11 is 1.26. The summed E-state index contributed by atoms with van der Waals surface area (Å²) in [6.07, 6.45) is 0.624. The van der Waals surface area contributed by atoms with Crippen LogP contribution in [0.1, 0.15) is 30.7 Å². The number of para-hydroxylation sites is 1. The number of aromatic nitrogens is 1. The number of rotatable bonds is 6. The van der Waals surface area contributed by atoms with Crippen LogP contribution in [0.25, 0.3) is 11.1 Å². The van der Waals surface area contributed by atoms with Crippen LogP contribution >= 0.6 is 11.8 Å². The van der Waals surface area contributed by atoms with Gasteiger partial charge in [-0.25, -0.2) is 4.98 Å². The minimum atomic E-state index is -0.313. The fourth-order valence-corrected chi connectivity index (χ4v) is 4.24. The number of benzene rings is 1. The second-order valence-electron chi connectivity index (χ2n) is 7.22. The van der Waals surface area contributed by atoms with E-state index in [1.165, 1.54) is 11.8 Å². The first kappa shape index (κ1) is 21.2. The summed E-state index contributed by atoms with van der Waals surface area (Å²) in [6, 6.07) is 10.0. The molecule has 1 aromatic carbocycles. The number of ether oxygens (including phenoxy) is 2. The average molecular weight is 412 g/mol. The predicted molar refractivity (Wildman–Crippen MR) is 113 cm³/mol. The lowest BCUT2D eigenvalue weighted by Crippen LogP contribution is -2.28. The first-order valence-corrected chi connectivity index (χ1v) is 10.5. The van der Waals surface area contributed by atoms with Crippen LogP contribution in [0.4, 0.5) is 0 Å². The number of nitrogens with zero attached hydrogens (tertiary/aromatic N) is 3. The maximum absolute atomic E-state index is 12.0. The summed E-state index contributed by atoms with van der Waals surface area (Å²) in [7, 11) is 3.69. The molecule has 0 aliphatic carbocycles. The van der Waals surface area contributed by atoms with Crippen molar-refractivity contribution in [2.45, 2.75) is 37.9 Å². The summed E-state index contributed by atoms with van der Waals surface area (Å²) in [5.74, 6) is 0.511. The van der Waals surface area contributed by atoms with Crippen molar-refractivity contribution >= 4 is 17.7 Å². The maximum Gasteiger partial charge on any atom is 0.316 e. The van der Waals surface area contributed by atoms with Gasteiger partial charge >= 0.3 is 5.97 Å². The zero-order chi connectivity index (χ0) is 21.0. The van der Waals surface area contributed by atoms with Crippen molar-refractivity contribution in [3.05, 3.63) is 41.1 Å². The van der Waals surface area contributed by atoms with Crippen molar-refractivity contribution in [1.82, 2.24) is 9.88 Å². The topological polar surface area (TPSA) is 75.4 Å². The summed E-state index contributed by atoms with van der Waals surface area (Å²) < 4.78 is 10.8. The molecule has 0 saturated carbocycles. The van der Waals surface area contributed by atoms with Gasteiger partial charge in [-0.1, -0.05) is 30.0 Å². The molecule has 0 atom stereocenters. The monoisotopic (exact) mass is 411 g/mol. The van der Waals surface area contributed by atoms with Crippen molar-refractivity contribution in [2.24, 2.45) is 0 Å². The van der Waals surface area contributed by atoms with Crippen LogP contribution in [0.15, 0.2) is 29.3 Å². The van der Waals surface area contributed by atoms with Gasteiger partial charge in [-0.2, -0.15) is 5.26 Å². The molecule has 0 bridgehead atoms. The van der Waals surface area contributed by atoms with E-state index in [0.29, 0.717) is 22.9 Å². The summed E-state index contributed by atoms with van der Waals surface area (Å²) in [5.41, 5.74) is 4.22. The van der Waals surface area contributed by atoms with Gasteiger partial charge in [0.25, 0.3) is 0 Å². The molecule has 0 saturated heterocycles. The third kappa shape index (κ3) is 4.72. The molecule has 2 aromatic rings. The standard InChI is InChI=1S/C22H25N3O3S/c1-14(2)28-20(26)13-29-22-16(11-23)21(15-7-5-6-8-19(15)27-4)17-12-25(3)10-9-18(17)24-22/h5-8,14H,9-10,12-13H2,1-4H3. The third-order valence-electron chi connectivity index (χ3n) is 4.69. The highest BCUT2D eigenvalue weighted by molar-refractivity contribution is 7.99. The van der Waals surface area contributed by atoms with E-state index in [9.17, 15) is 10.1 Å². The molecule has 6 nitrogen and oxygen atoms in total. The minimum absolute atomic E-state index is 0.115. The first-order chi connectivity index (χ1) is 13.9. The number of fused-ring (bicyclic) bond motifs is 1. The van der Waals surface area contributed by atoms with Gasteiger partial charge in [-0.3, -0.25) is 4.79 Å². The van der Waals surface area contributed by atoms with E-state index in [1.807, 2.05) is 38.1 Å². The Labute approximate surface area is 175 Å². The second-order valence-corrected chi connectivity index (χ2v) is 8.18. The van der Waals surface area contributed by atoms with Crippen molar-refractivity contribution in [2.75, 3.05) is 26.5 Å². The Kier molecular flexibility index (Phi) is 6.78. The van der Waals surface area contributed by atoms with Gasteiger partial charge in [0.2, 0.25) is 0 Å². The van der Waals surface area contributed by atoms with Crippen LogP contribution in [0.3, 0.4) is 0 Å². The van der Waals surface area contributed by atoms with E-state index in [2.05, 4.69) is 18.0 Å². The fourth-order valence-electron chi connectivity index (χ4n) is 3.45. The zero-order valence-electron chi connectivity index (χ0n) is 17.2. The number of likely N-dealkylation sites (N-methyl/N-ethyl adjacent to an activating group) is 1. The summed E-state index contributed by atoms with van der Waals surface area (Å²) in [5, 5.41) is 10.6. The molecule has 0 fully saturated rings. The second kappa shape index (κ2) is 9.29. The largest absolute Gasteiger partial charge is 0.496 e. The van der Waals surface area contributed by atoms with E-state index in [4.69, 9.17) is 14.5 Å². The van der Waals surface area contributed by atoms with E-state index < -0.39 is 0 Å². The highest BCUT2D eigenvalue weighted by Gasteiger charge is 2.26. The van der Waals surface area contributed by atoms with E-state index >= 15 is 0 Å². The summed E-state index contributed by atoms with van der Waals surface area (Å²) in [6.45, 7) is 5.24. The number of carbonyl (C=O) groups excluding carboxylic acids is 1. The van der Waals surface area contributed by atoms with E-state index in [0.717, 1.165) is 35.3 Å². The molecule has 0 N–H and O–H groups in total. The molecule has 1 aromatic heterocycles. The SMILES string of the molecule is COc1ccccc1-c1c(C#N)c(SCC(=O)OC(C)C)nc2c1CN(C)CC2. The number of pyridine rings is 1. The Bertz CT molecular complexity index is 953. The molecule has 2 heterocycles. The lowest BCUT2D eigenvalue weighted by molar-refractivity contribution is -0.144. The van der Waals surface area contributed by atoms with Gasteiger partial charge < -0.3 is 14.4 Å². The highest BCUT2D eigenvalue weighted by Crippen LogP contribution is 2.40. The van der Waals surface area contributed by atoms with Gasteiger partial charge in [-0.15, -0.1) is 0 Å². The van der Waals surface area contributed by atoms with Crippen molar-refractivity contribution in [1.29, 1.82) is 5.26 Å². The Morgan fingerprint density at radius 3 is 2.83 bits per heavy atom. The molecule has 152 valence electrons. The lowest BCUT2D eigenvalue weighted by Gasteiger charge is -2.28. The molecule has 3 rings (SSSR count). The summed E-state index contributed by atoms with van der Waals surface area (Å²) in [4.78, 5) is 19.0. The first-order valence-electron chi connectivity index (χ1n) is 9.54. The molecule has 0 radical (unpaired) electrons. The van der Waals surface area contributed by atoms with Crippen LogP contribution in [-0.4, -0.2) is 48.4 Å². The Morgan fingerprint density at radius 1 is 1.38 bits per heavy atom. The van der Waals surface area contributed by atoms with Crippen molar-refractivity contribution in [3.63, 3.8) is 0 Å². The number of nitriles is 1. The Hall–Kier alpha value is -2.56. The number of esters is 1. The van der Waals surface area contributed by atoms with Gasteiger partial charge in [0, 0.05) is 36.3 Å². The molecule has 7 heteroatoms. The quantitative estimate of drug-likeness (QED) is 0.530. The van der Waals surface area contributed by atoms with Gasteiger partial charge in [0.1, 0.15) is 16.8 Å². The van der Waals surface area contributed by atoms with Gasteiger partial charge in [-0.05, 0) is 32.5 Å². The third-order valence-corrected chi connectivity index (χ3v) is 5.64. The van der Waals surface area contributed by atoms with Crippen LogP contribution in [0.2, 0.25) is 0 Å². The van der Waals surface area contributed by atoms with Crippen molar-refractivity contribution < 1.29 is 14.3 Å². The average Bonchev–Trinajstić information content (AvgIpc) is 2.70. The Morgan fingerprint density at radius 2 is 2.14 bits per heavy atom. The minimum Gasteiger partial charge on any atom is -0.496 e. The molecule has 0 amide bonds. The van der Waals surface area contributed by atoms with Gasteiger partial charge in [0.05, 0.1) is 24.5 Å². The predicted octanol–water partition coefficient (Wildman–Crippen LogP) is 3.66. The number of thioether (sulfide) groups is 1. The molecule has 29 heavy (non-hydrogen) atoms. The Balaban J connectivity index is 2.12. The van der Waals surface area contributed by atoms with Gasteiger partial charge in [0.15, 0.2) is 0 Å².